The van der Waals surface area contributed by atoms with E-state index < -0.39 is 5.97 Å². The highest BCUT2D eigenvalue weighted by atomic mass is 32.1. The van der Waals surface area contributed by atoms with Crippen LogP contribution in [-0.2, 0) is 4.74 Å². The summed E-state index contributed by atoms with van der Waals surface area (Å²) >= 11 is 1.51. The van der Waals surface area contributed by atoms with E-state index in [1.807, 2.05) is 24.3 Å². The fourth-order valence-corrected chi connectivity index (χ4v) is 4.63. The molecule has 0 saturated heterocycles. The number of hydrogen-bond donors (Lipinski definition) is 1. The summed E-state index contributed by atoms with van der Waals surface area (Å²) in [5, 5.41) is 8.26. The Labute approximate surface area is 195 Å². The molecular formula is C24H24N4O4S. The van der Waals surface area contributed by atoms with Gasteiger partial charge in [0.25, 0.3) is 5.91 Å². The van der Waals surface area contributed by atoms with Gasteiger partial charge in [-0.25, -0.2) is 14.5 Å². The smallest absolute Gasteiger partial charge is 0.359 e. The number of carbonyl (C=O) groups excluding carboxylic acids is 2. The van der Waals surface area contributed by atoms with Gasteiger partial charge in [0.2, 0.25) is 5.13 Å². The van der Waals surface area contributed by atoms with Crippen LogP contribution < -0.4 is 10.1 Å². The molecule has 2 aromatic carbocycles. The van der Waals surface area contributed by atoms with Crippen LogP contribution in [0.1, 0.15) is 45.5 Å². The normalized spacial score (nSPS) is 11.1. The van der Waals surface area contributed by atoms with Gasteiger partial charge in [0.1, 0.15) is 5.75 Å². The van der Waals surface area contributed by atoms with E-state index in [1.165, 1.54) is 18.4 Å². The first-order chi connectivity index (χ1) is 15.9. The second-order valence-corrected chi connectivity index (χ2v) is 8.67. The zero-order valence-corrected chi connectivity index (χ0v) is 19.8. The van der Waals surface area contributed by atoms with E-state index in [0.717, 1.165) is 21.9 Å². The molecule has 9 heteroatoms. The van der Waals surface area contributed by atoms with Gasteiger partial charge in [0, 0.05) is 28.4 Å². The number of fused-ring (bicyclic) bond motifs is 1. The first-order valence-corrected chi connectivity index (χ1v) is 11.2. The highest BCUT2D eigenvalue weighted by Crippen LogP contribution is 2.37. The first kappa shape index (κ1) is 22.5. The molecule has 8 nitrogen and oxygen atoms in total. The highest BCUT2D eigenvalue weighted by molar-refractivity contribution is 7.14. The average Bonchev–Trinajstić information content (AvgIpc) is 3.45. The maximum Gasteiger partial charge on any atom is 0.359 e. The second-order valence-electron chi connectivity index (χ2n) is 7.66. The van der Waals surface area contributed by atoms with Crippen LogP contribution in [-0.4, -0.2) is 47.9 Å². The summed E-state index contributed by atoms with van der Waals surface area (Å²) in [5.74, 6) is 0.133. The van der Waals surface area contributed by atoms with Crippen LogP contribution in [0, 0.1) is 0 Å². The maximum absolute atomic E-state index is 12.5. The number of rotatable bonds is 6. The Morgan fingerprint density at radius 2 is 1.91 bits per heavy atom. The van der Waals surface area contributed by atoms with Gasteiger partial charge in [-0.2, -0.15) is 5.10 Å². The molecule has 0 aliphatic rings. The summed E-state index contributed by atoms with van der Waals surface area (Å²) in [7, 11) is 4.49. The molecular weight excluding hydrogens is 440 g/mol. The molecule has 0 fully saturated rings. The second kappa shape index (κ2) is 9.03. The Kier molecular flexibility index (Phi) is 6.15. The van der Waals surface area contributed by atoms with E-state index in [-0.39, 0.29) is 17.5 Å². The number of nitrogens with one attached hydrogen (secondary N) is 1. The van der Waals surface area contributed by atoms with Crippen LogP contribution in [0.4, 0.5) is 0 Å². The fraction of sp³-hybridized carbons (Fsp3) is 0.250. The standard InChI is InChI=1S/C24H24N4O4S/c1-13(2)21-19(14-7-6-8-16(11-14)31-4)26-24(33-21)28-18-10-9-15(22(29)25-3)12-17(18)20(27-28)23(30)32-5/h6-13H,1-5H3,(H,25,29). The van der Waals surface area contributed by atoms with E-state index in [0.29, 0.717) is 21.6 Å². The molecule has 0 bridgehead atoms. The first-order valence-electron chi connectivity index (χ1n) is 10.4. The van der Waals surface area contributed by atoms with Gasteiger partial charge in [0.05, 0.1) is 25.4 Å². The third kappa shape index (κ3) is 4.07. The largest absolute Gasteiger partial charge is 0.497 e. The number of hydrogen-bond acceptors (Lipinski definition) is 7. The Balaban J connectivity index is 1.93. The van der Waals surface area contributed by atoms with Crippen molar-refractivity contribution >= 4 is 34.1 Å². The van der Waals surface area contributed by atoms with Gasteiger partial charge >= 0.3 is 5.97 Å². The van der Waals surface area contributed by atoms with Gasteiger partial charge in [-0.05, 0) is 36.2 Å². The lowest BCUT2D eigenvalue weighted by Gasteiger charge is -2.06. The molecule has 2 aromatic heterocycles. The minimum Gasteiger partial charge on any atom is -0.497 e. The molecule has 0 saturated carbocycles. The van der Waals surface area contributed by atoms with Crippen LogP contribution in [0.3, 0.4) is 0 Å². The number of amides is 1. The lowest BCUT2D eigenvalue weighted by atomic mass is 10.1. The van der Waals surface area contributed by atoms with Gasteiger partial charge in [-0.3, -0.25) is 4.79 Å². The van der Waals surface area contributed by atoms with Crippen molar-refractivity contribution in [2.24, 2.45) is 0 Å². The Bertz CT molecular complexity index is 1360. The van der Waals surface area contributed by atoms with Crippen LogP contribution >= 0.6 is 11.3 Å². The molecule has 0 atom stereocenters. The van der Waals surface area contributed by atoms with Crippen LogP contribution in [0.15, 0.2) is 42.5 Å². The summed E-state index contributed by atoms with van der Waals surface area (Å²) in [6.07, 6.45) is 0. The Morgan fingerprint density at radius 1 is 1.12 bits per heavy atom. The maximum atomic E-state index is 12.5. The summed E-state index contributed by atoms with van der Waals surface area (Å²) in [5.41, 5.74) is 2.99. The van der Waals surface area contributed by atoms with Crippen molar-refractivity contribution in [2.45, 2.75) is 19.8 Å². The molecule has 1 N–H and O–H groups in total. The van der Waals surface area contributed by atoms with Crippen molar-refractivity contribution in [1.82, 2.24) is 20.1 Å². The quantitative estimate of drug-likeness (QED) is 0.424. The molecule has 0 aliphatic carbocycles. The number of aromatic nitrogens is 3. The summed E-state index contributed by atoms with van der Waals surface area (Å²) in [6, 6.07) is 12.9. The number of thiazole rings is 1. The van der Waals surface area contributed by atoms with Crippen LogP contribution in [0.25, 0.3) is 27.3 Å². The van der Waals surface area contributed by atoms with Crippen LogP contribution in [0.2, 0.25) is 0 Å². The molecule has 0 unspecified atom stereocenters. The van der Waals surface area contributed by atoms with Crippen molar-refractivity contribution in [1.29, 1.82) is 0 Å². The third-order valence-electron chi connectivity index (χ3n) is 5.24. The molecule has 2 heterocycles. The molecule has 0 radical (unpaired) electrons. The monoisotopic (exact) mass is 464 g/mol. The highest BCUT2D eigenvalue weighted by Gasteiger charge is 2.24. The number of ether oxygens (including phenoxy) is 2. The predicted molar refractivity (Wildman–Crippen MR) is 128 cm³/mol. The van der Waals surface area contributed by atoms with Gasteiger partial charge in [-0.1, -0.05) is 37.3 Å². The lowest BCUT2D eigenvalue weighted by Crippen LogP contribution is -2.17. The zero-order chi connectivity index (χ0) is 23.7. The van der Waals surface area contributed by atoms with Crippen molar-refractivity contribution in [3.05, 3.63) is 58.6 Å². The number of benzene rings is 2. The number of methoxy groups -OCH3 is 2. The minimum absolute atomic E-state index is 0.127. The number of nitrogens with zero attached hydrogens (tertiary/aromatic N) is 3. The van der Waals surface area contributed by atoms with Crippen molar-refractivity contribution in [3.8, 4) is 22.1 Å². The summed E-state index contributed by atoms with van der Waals surface area (Å²) in [4.78, 5) is 30.6. The molecule has 170 valence electrons. The molecule has 4 rings (SSSR count). The molecule has 1 amide bonds. The minimum atomic E-state index is -0.582. The van der Waals surface area contributed by atoms with Crippen molar-refractivity contribution in [3.63, 3.8) is 0 Å². The summed E-state index contributed by atoms with van der Waals surface area (Å²) in [6.45, 7) is 4.22. The van der Waals surface area contributed by atoms with Crippen molar-refractivity contribution < 1.29 is 19.1 Å². The van der Waals surface area contributed by atoms with Gasteiger partial charge in [-0.15, -0.1) is 0 Å². The molecule has 0 aliphatic heterocycles. The molecule has 4 aromatic rings. The average molecular weight is 465 g/mol. The predicted octanol–water partition coefficient (Wildman–Crippen LogP) is 4.43. The molecule has 0 spiro atoms. The zero-order valence-electron chi connectivity index (χ0n) is 19.0. The van der Waals surface area contributed by atoms with Gasteiger partial charge < -0.3 is 14.8 Å². The van der Waals surface area contributed by atoms with E-state index >= 15 is 0 Å². The number of carbonyl (C=O) groups is 2. The fourth-order valence-electron chi connectivity index (χ4n) is 3.58. The lowest BCUT2D eigenvalue weighted by molar-refractivity contribution is 0.0595. The van der Waals surface area contributed by atoms with E-state index in [9.17, 15) is 9.59 Å². The van der Waals surface area contributed by atoms with Crippen LogP contribution in [0.5, 0.6) is 5.75 Å². The molecule has 33 heavy (non-hydrogen) atoms. The van der Waals surface area contributed by atoms with E-state index in [1.54, 1.807) is 37.0 Å². The Morgan fingerprint density at radius 3 is 2.58 bits per heavy atom. The topological polar surface area (TPSA) is 95.3 Å². The van der Waals surface area contributed by atoms with Crippen molar-refractivity contribution in [2.75, 3.05) is 21.3 Å². The Hall–Kier alpha value is -3.72. The van der Waals surface area contributed by atoms with Gasteiger partial charge in [0.15, 0.2) is 5.69 Å². The summed E-state index contributed by atoms with van der Waals surface area (Å²) < 4.78 is 12.0. The third-order valence-corrected chi connectivity index (χ3v) is 6.57. The SMILES string of the molecule is CNC(=O)c1ccc2c(c1)c(C(=O)OC)nn2-c1nc(-c2cccc(OC)c2)c(C(C)C)s1. The van der Waals surface area contributed by atoms with E-state index in [2.05, 4.69) is 24.3 Å². The van der Waals surface area contributed by atoms with E-state index in [4.69, 9.17) is 14.5 Å². The number of esters is 1.